The van der Waals surface area contributed by atoms with Gasteiger partial charge in [-0.1, -0.05) is 12.1 Å². The first-order valence-corrected chi connectivity index (χ1v) is 5.32. The molecule has 6 heteroatoms. The van der Waals surface area contributed by atoms with Crippen molar-refractivity contribution < 1.29 is 18.0 Å². The molecule has 0 radical (unpaired) electrons. The molecule has 0 saturated carbocycles. The van der Waals surface area contributed by atoms with E-state index in [-0.39, 0.29) is 12.5 Å². The topological polar surface area (TPSA) is 29.1 Å². The Kier molecular flexibility index (Phi) is 4.40. The van der Waals surface area contributed by atoms with E-state index in [1.807, 2.05) is 0 Å². The molecule has 1 unspecified atom stereocenters. The maximum atomic E-state index is 12.3. The maximum Gasteiger partial charge on any atom is 0.416 e. The molecular weight excluding hydrogens is 255 g/mol. The Morgan fingerprint density at radius 1 is 1.35 bits per heavy atom. The average Bonchev–Trinajstić information content (AvgIpc) is 2.25. The van der Waals surface area contributed by atoms with Gasteiger partial charge in [0.2, 0.25) is 5.91 Å². The van der Waals surface area contributed by atoms with E-state index in [0.29, 0.717) is 5.56 Å². The second-order valence-corrected chi connectivity index (χ2v) is 4.18. The van der Waals surface area contributed by atoms with Crippen LogP contribution in [0.5, 0.6) is 0 Å². The molecule has 1 aromatic rings. The van der Waals surface area contributed by atoms with Crippen LogP contribution < -0.4 is 5.32 Å². The molecule has 0 aliphatic carbocycles. The van der Waals surface area contributed by atoms with E-state index in [1.54, 1.807) is 0 Å². The number of hydrogen-bond donors (Lipinski definition) is 1. The van der Waals surface area contributed by atoms with E-state index in [0.717, 1.165) is 12.1 Å². The van der Waals surface area contributed by atoms with Gasteiger partial charge in [-0.3, -0.25) is 4.79 Å². The number of rotatable bonds is 3. The highest BCUT2D eigenvalue weighted by Gasteiger charge is 2.29. The van der Waals surface area contributed by atoms with Gasteiger partial charge in [0.1, 0.15) is 5.38 Å². The fourth-order valence-corrected chi connectivity index (χ4v) is 1.22. The van der Waals surface area contributed by atoms with Gasteiger partial charge in [-0.25, -0.2) is 0 Å². The predicted octanol–water partition coefficient (Wildman–Crippen LogP) is 2.95. The normalized spacial score (nSPS) is 13.2. The monoisotopic (exact) mass is 265 g/mol. The van der Waals surface area contributed by atoms with E-state index in [1.165, 1.54) is 19.1 Å². The van der Waals surface area contributed by atoms with Gasteiger partial charge in [-0.15, -0.1) is 11.6 Å². The molecular formula is C11H11ClF3NO. The highest BCUT2D eigenvalue weighted by atomic mass is 35.5. The van der Waals surface area contributed by atoms with Gasteiger partial charge in [0.05, 0.1) is 5.56 Å². The van der Waals surface area contributed by atoms with Gasteiger partial charge in [0, 0.05) is 6.54 Å². The molecule has 1 rings (SSSR count). The number of carbonyl (C=O) groups excluding carboxylic acids is 1. The summed E-state index contributed by atoms with van der Waals surface area (Å²) in [5.41, 5.74) is -0.123. The molecule has 0 aliphatic heterocycles. The third kappa shape index (κ3) is 4.26. The summed E-state index contributed by atoms with van der Waals surface area (Å²) in [5, 5.41) is 1.84. The smallest absolute Gasteiger partial charge is 0.351 e. The Morgan fingerprint density at radius 2 is 1.88 bits per heavy atom. The minimum Gasteiger partial charge on any atom is -0.351 e. The van der Waals surface area contributed by atoms with Gasteiger partial charge in [-0.2, -0.15) is 13.2 Å². The molecule has 1 aromatic carbocycles. The SMILES string of the molecule is CC(Cl)C(=O)NCc1ccc(C(F)(F)F)cc1. The molecule has 94 valence electrons. The molecule has 0 saturated heterocycles. The number of nitrogens with one attached hydrogen (secondary N) is 1. The largest absolute Gasteiger partial charge is 0.416 e. The Morgan fingerprint density at radius 3 is 2.29 bits per heavy atom. The van der Waals surface area contributed by atoms with Crippen LogP contribution in [0, 0.1) is 0 Å². The van der Waals surface area contributed by atoms with Crippen molar-refractivity contribution in [1.82, 2.24) is 5.32 Å². The van der Waals surface area contributed by atoms with Crippen LogP contribution in [-0.4, -0.2) is 11.3 Å². The number of alkyl halides is 4. The summed E-state index contributed by atoms with van der Waals surface area (Å²) in [6.07, 6.45) is -4.34. The molecule has 0 spiro atoms. The van der Waals surface area contributed by atoms with E-state index in [4.69, 9.17) is 11.6 Å². The summed E-state index contributed by atoms with van der Waals surface area (Å²) < 4.78 is 36.8. The number of benzene rings is 1. The highest BCUT2D eigenvalue weighted by molar-refractivity contribution is 6.30. The van der Waals surface area contributed by atoms with Crippen molar-refractivity contribution in [3.05, 3.63) is 35.4 Å². The zero-order chi connectivity index (χ0) is 13.1. The third-order valence-corrected chi connectivity index (χ3v) is 2.31. The lowest BCUT2D eigenvalue weighted by atomic mass is 10.1. The van der Waals surface area contributed by atoms with Crippen molar-refractivity contribution in [3.63, 3.8) is 0 Å². The minimum absolute atomic E-state index is 0.161. The maximum absolute atomic E-state index is 12.3. The molecule has 0 fully saturated rings. The van der Waals surface area contributed by atoms with Crippen LogP contribution in [0.1, 0.15) is 18.1 Å². The number of hydrogen-bond acceptors (Lipinski definition) is 1. The molecule has 0 aliphatic rings. The third-order valence-electron chi connectivity index (χ3n) is 2.11. The molecule has 2 nitrogen and oxygen atoms in total. The van der Waals surface area contributed by atoms with Crippen molar-refractivity contribution in [2.45, 2.75) is 25.0 Å². The summed E-state index contributed by atoms with van der Waals surface area (Å²) in [7, 11) is 0. The van der Waals surface area contributed by atoms with Gasteiger partial charge < -0.3 is 5.32 Å². The van der Waals surface area contributed by atoms with Crippen molar-refractivity contribution in [3.8, 4) is 0 Å². The number of halogens is 4. The quantitative estimate of drug-likeness (QED) is 0.837. The van der Waals surface area contributed by atoms with Crippen LogP contribution in [0.4, 0.5) is 13.2 Å². The molecule has 1 N–H and O–H groups in total. The lowest BCUT2D eigenvalue weighted by Gasteiger charge is -2.09. The van der Waals surface area contributed by atoms with E-state index >= 15 is 0 Å². The van der Waals surface area contributed by atoms with Crippen molar-refractivity contribution in [2.24, 2.45) is 0 Å². The zero-order valence-electron chi connectivity index (χ0n) is 9.01. The molecule has 0 aromatic heterocycles. The summed E-state index contributed by atoms with van der Waals surface area (Å²) >= 11 is 5.52. The fourth-order valence-electron chi connectivity index (χ4n) is 1.14. The van der Waals surface area contributed by atoms with Crippen LogP contribution in [0.25, 0.3) is 0 Å². The fraction of sp³-hybridized carbons (Fsp3) is 0.364. The molecule has 0 bridgehead atoms. The highest BCUT2D eigenvalue weighted by Crippen LogP contribution is 2.28. The first kappa shape index (κ1) is 13.8. The van der Waals surface area contributed by atoms with Crippen LogP contribution in [-0.2, 0) is 17.5 Å². The van der Waals surface area contributed by atoms with Crippen LogP contribution in [0.3, 0.4) is 0 Å². The van der Waals surface area contributed by atoms with Crippen molar-refractivity contribution in [1.29, 1.82) is 0 Å². The number of carbonyl (C=O) groups is 1. The Balaban J connectivity index is 2.61. The van der Waals surface area contributed by atoms with E-state index in [2.05, 4.69) is 5.32 Å². The average molecular weight is 266 g/mol. The summed E-state index contributed by atoms with van der Waals surface area (Å²) in [5.74, 6) is -0.355. The molecule has 1 atom stereocenters. The van der Waals surface area contributed by atoms with Crippen LogP contribution in [0.2, 0.25) is 0 Å². The molecule has 1 amide bonds. The van der Waals surface area contributed by atoms with Gasteiger partial charge >= 0.3 is 6.18 Å². The van der Waals surface area contributed by atoms with Crippen LogP contribution >= 0.6 is 11.6 Å². The van der Waals surface area contributed by atoms with Gasteiger partial charge in [0.25, 0.3) is 0 Å². The summed E-state index contributed by atoms with van der Waals surface area (Å²) in [6, 6.07) is 4.60. The van der Waals surface area contributed by atoms with Crippen molar-refractivity contribution >= 4 is 17.5 Å². The second-order valence-electron chi connectivity index (χ2n) is 3.53. The zero-order valence-corrected chi connectivity index (χ0v) is 9.77. The first-order chi connectivity index (χ1) is 7.80. The molecule has 17 heavy (non-hydrogen) atoms. The Labute approximate surface area is 102 Å². The second kappa shape index (κ2) is 5.40. The van der Waals surface area contributed by atoms with Gasteiger partial charge in [-0.05, 0) is 24.6 Å². The van der Waals surface area contributed by atoms with Crippen molar-refractivity contribution in [2.75, 3.05) is 0 Å². The predicted molar refractivity (Wildman–Crippen MR) is 58.6 cm³/mol. The standard InChI is InChI=1S/C11H11ClF3NO/c1-7(12)10(17)16-6-8-2-4-9(5-3-8)11(13,14)15/h2-5,7H,6H2,1H3,(H,16,17). The van der Waals surface area contributed by atoms with Crippen LogP contribution in [0.15, 0.2) is 24.3 Å². The van der Waals surface area contributed by atoms with Gasteiger partial charge in [0.15, 0.2) is 0 Å². The number of amides is 1. The molecule has 0 heterocycles. The lowest BCUT2D eigenvalue weighted by Crippen LogP contribution is -2.29. The summed E-state index contributed by atoms with van der Waals surface area (Å²) in [4.78, 5) is 11.1. The first-order valence-electron chi connectivity index (χ1n) is 4.88. The minimum atomic E-state index is -4.34. The van der Waals surface area contributed by atoms with E-state index < -0.39 is 17.1 Å². The Bertz CT molecular complexity index is 387. The Hall–Kier alpha value is -1.23. The van der Waals surface area contributed by atoms with E-state index in [9.17, 15) is 18.0 Å². The lowest BCUT2D eigenvalue weighted by molar-refractivity contribution is -0.137. The summed E-state index contributed by atoms with van der Waals surface area (Å²) in [6.45, 7) is 1.68.